The Morgan fingerprint density at radius 1 is 1.24 bits per heavy atom. The van der Waals surface area contributed by atoms with E-state index in [1.807, 2.05) is 0 Å². The number of Topliss-reactive ketones (excluding diaryl/α,β-unsaturated/α-hetero) is 1. The van der Waals surface area contributed by atoms with Crippen molar-refractivity contribution in [3.05, 3.63) is 11.1 Å². The van der Waals surface area contributed by atoms with Crippen LogP contribution in [0.15, 0.2) is 11.1 Å². The highest BCUT2D eigenvalue weighted by molar-refractivity contribution is 5.79. The van der Waals surface area contributed by atoms with Gasteiger partial charge in [-0.05, 0) is 56.3 Å². The molecule has 1 saturated carbocycles. The van der Waals surface area contributed by atoms with Gasteiger partial charge in [-0.3, -0.25) is 4.79 Å². The lowest BCUT2D eigenvalue weighted by Gasteiger charge is -2.41. The van der Waals surface area contributed by atoms with Crippen molar-refractivity contribution in [1.29, 1.82) is 0 Å². The standard InChI is InChI=1S/C19H30O2/c1-14-7-8-15(13-20)18(2,3)17(14)9-11-19(4)10-5-6-16(21)12-19/h13,15H,5-12H2,1-4H3/t15?,19-/m0/s1. The van der Waals surface area contributed by atoms with E-state index in [0.29, 0.717) is 5.78 Å². The molecule has 118 valence electrons. The Labute approximate surface area is 129 Å². The smallest absolute Gasteiger partial charge is 0.133 e. The molecule has 1 fully saturated rings. The van der Waals surface area contributed by atoms with Crippen LogP contribution in [0, 0.1) is 16.7 Å². The van der Waals surface area contributed by atoms with Gasteiger partial charge in [0, 0.05) is 18.8 Å². The second-order valence-electron chi connectivity index (χ2n) is 8.14. The van der Waals surface area contributed by atoms with Crippen molar-refractivity contribution >= 4 is 12.1 Å². The maximum Gasteiger partial charge on any atom is 0.133 e. The molecular formula is C19H30O2. The topological polar surface area (TPSA) is 34.1 Å². The van der Waals surface area contributed by atoms with Gasteiger partial charge < -0.3 is 4.79 Å². The zero-order valence-corrected chi connectivity index (χ0v) is 14.1. The summed E-state index contributed by atoms with van der Waals surface area (Å²) in [6.45, 7) is 8.94. The van der Waals surface area contributed by atoms with Crippen LogP contribution >= 0.6 is 0 Å². The van der Waals surface area contributed by atoms with Gasteiger partial charge in [-0.15, -0.1) is 0 Å². The molecule has 0 bridgehead atoms. The molecule has 2 heteroatoms. The van der Waals surface area contributed by atoms with E-state index >= 15 is 0 Å². The predicted molar refractivity (Wildman–Crippen MR) is 86.1 cm³/mol. The van der Waals surface area contributed by atoms with Crippen molar-refractivity contribution in [2.24, 2.45) is 16.7 Å². The molecule has 2 atom stereocenters. The normalized spacial score (nSPS) is 33.1. The van der Waals surface area contributed by atoms with E-state index in [1.54, 1.807) is 0 Å². The van der Waals surface area contributed by atoms with E-state index in [-0.39, 0.29) is 16.7 Å². The molecule has 0 spiro atoms. The monoisotopic (exact) mass is 290 g/mol. The Hall–Kier alpha value is -0.920. The number of hydrogen-bond acceptors (Lipinski definition) is 2. The molecule has 0 aromatic rings. The number of hydrogen-bond donors (Lipinski definition) is 0. The Bertz CT molecular complexity index is 458. The maximum absolute atomic E-state index is 11.8. The molecule has 0 heterocycles. The molecule has 1 unspecified atom stereocenters. The van der Waals surface area contributed by atoms with Gasteiger partial charge in [0.1, 0.15) is 12.1 Å². The van der Waals surface area contributed by atoms with Crippen LogP contribution in [0.5, 0.6) is 0 Å². The molecule has 0 aromatic carbocycles. The Morgan fingerprint density at radius 3 is 2.57 bits per heavy atom. The van der Waals surface area contributed by atoms with Crippen LogP contribution in [0.2, 0.25) is 0 Å². The molecule has 0 amide bonds. The first kappa shape index (κ1) is 16.5. The van der Waals surface area contributed by atoms with Gasteiger partial charge in [0.15, 0.2) is 0 Å². The summed E-state index contributed by atoms with van der Waals surface area (Å²) in [4.78, 5) is 23.1. The molecular weight excluding hydrogens is 260 g/mol. The number of carbonyl (C=O) groups excluding carboxylic acids is 2. The Balaban J connectivity index is 2.10. The fourth-order valence-corrected chi connectivity index (χ4v) is 4.44. The van der Waals surface area contributed by atoms with Crippen LogP contribution in [0.3, 0.4) is 0 Å². The lowest BCUT2D eigenvalue weighted by atomic mass is 9.63. The average Bonchev–Trinajstić information content (AvgIpc) is 2.37. The summed E-state index contributed by atoms with van der Waals surface area (Å²) in [7, 11) is 0. The molecule has 2 aliphatic rings. The van der Waals surface area contributed by atoms with Crippen LogP contribution in [-0.4, -0.2) is 12.1 Å². The van der Waals surface area contributed by atoms with Gasteiger partial charge in [-0.2, -0.15) is 0 Å². The average molecular weight is 290 g/mol. The fourth-order valence-electron chi connectivity index (χ4n) is 4.44. The van der Waals surface area contributed by atoms with Crippen molar-refractivity contribution in [3.8, 4) is 0 Å². The highest BCUT2D eigenvalue weighted by Crippen LogP contribution is 2.48. The lowest BCUT2D eigenvalue weighted by Crippen LogP contribution is -2.33. The van der Waals surface area contributed by atoms with Gasteiger partial charge in [-0.25, -0.2) is 0 Å². The third-order valence-electron chi connectivity index (χ3n) is 6.05. The molecule has 0 saturated heterocycles. The zero-order chi connectivity index (χ0) is 15.7. The van der Waals surface area contributed by atoms with Crippen LogP contribution < -0.4 is 0 Å². The first-order valence-electron chi connectivity index (χ1n) is 8.44. The van der Waals surface area contributed by atoms with Crippen LogP contribution in [0.1, 0.15) is 79.1 Å². The van der Waals surface area contributed by atoms with Crippen LogP contribution in [0.25, 0.3) is 0 Å². The van der Waals surface area contributed by atoms with Crippen molar-refractivity contribution in [2.75, 3.05) is 0 Å². The summed E-state index contributed by atoms with van der Waals surface area (Å²) >= 11 is 0. The molecule has 0 radical (unpaired) electrons. The number of ketones is 1. The number of allylic oxidation sites excluding steroid dienone is 2. The van der Waals surface area contributed by atoms with Crippen molar-refractivity contribution in [1.82, 2.24) is 0 Å². The molecule has 0 N–H and O–H groups in total. The highest BCUT2D eigenvalue weighted by atomic mass is 16.1. The van der Waals surface area contributed by atoms with Crippen LogP contribution in [0.4, 0.5) is 0 Å². The quantitative estimate of drug-likeness (QED) is 0.547. The summed E-state index contributed by atoms with van der Waals surface area (Å²) in [5.41, 5.74) is 3.11. The van der Waals surface area contributed by atoms with Gasteiger partial charge >= 0.3 is 0 Å². The predicted octanol–water partition coefficient (Wildman–Crippen LogP) is 4.87. The largest absolute Gasteiger partial charge is 0.303 e. The zero-order valence-electron chi connectivity index (χ0n) is 14.1. The van der Waals surface area contributed by atoms with E-state index in [2.05, 4.69) is 27.7 Å². The molecule has 21 heavy (non-hydrogen) atoms. The van der Waals surface area contributed by atoms with E-state index in [1.165, 1.54) is 17.6 Å². The summed E-state index contributed by atoms with van der Waals surface area (Å²) in [5.74, 6) is 0.583. The summed E-state index contributed by atoms with van der Waals surface area (Å²) in [5, 5.41) is 0. The fraction of sp³-hybridized carbons (Fsp3) is 0.789. The maximum atomic E-state index is 11.8. The Morgan fingerprint density at radius 2 is 1.95 bits per heavy atom. The van der Waals surface area contributed by atoms with Crippen molar-refractivity contribution in [3.63, 3.8) is 0 Å². The highest BCUT2D eigenvalue weighted by Gasteiger charge is 2.38. The lowest BCUT2D eigenvalue weighted by molar-refractivity contribution is -0.123. The molecule has 0 aromatic heterocycles. The van der Waals surface area contributed by atoms with Crippen LogP contribution in [-0.2, 0) is 9.59 Å². The van der Waals surface area contributed by atoms with Gasteiger partial charge in [0.25, 0.3) is 0 Å². The summed E-state index contributed by atoms with van der Waals surface area (Å²) in [6, 6.07) is 0. The molecule has 2 aliphatic carbocycles. The minimum Gasteiger partial charge on any atom is -0.303 e. The second kappa shape index (κ2) is 6.06. The first-order chi connectivity index (χ1) is 9.78. The van der Waals surface area contributed by atoms with Crippen molar-refractivity contribution < 1.29 is 9.59 Å². The third kappa shape index (κ3) is 3.46. The molecule has 0 aliphatic heterocycles. The van der Waals surface area contributed by atoms with E-state index in [4.69, 9.17) is 0 Å². The SMILES string of the molecule is CC1=C(CC[C@]2(C)CCCC(=O)C2)C(C)(C)C(C=O)CC1. The van der Waals surface area contributed by atoms with E-state index in [0.717, 1.165) is 51.2 Å². The van der Waals surface area contributed by atoms with Gasteiger partial charge in [-0.1, -0.05) is 31.9 Å². The number of aldehydes is 1. The minimum atomic E-state index is -0.0148. The second-order valence-corrected chi connectivity index (χ2v) is 8.14. The number of carbonyl (C=O) groups is 2. The van der Waals surface area contributed by atoms with Gasteiger partial charge in [0.2, 0.25) is 0 Å². The van der Waals surface area contributed by atoms with E-state index < -0.39 is 0 Å². The minimum absolute atomic E-state index is 0.0148. The van der Waals surface area contributed by atoms with Gasteiger partial charge in [0.05, 0.1) is 0 Å². The third-order valence-corrected chi connectivity index (χ3v) is 6.05. The first-order valence-corrected chi connectivity index (χ1v) is 8.44. The number of rotatable bonds is 4. The molecule has 2 rings (SSSR count). The Kier molecular flexibility index (Phi) is 4.75. The summed E-state index contributed by atoms with van der Waals surface area (Å²) in [6.07, 6.45) is 9.06. The van der Waals surface area contributed by atoms with E-state index in [9.17, 15) is 9.59 Å². The summed E-state index contributed by atoms with van der Waals surface area (Å²) < 4.78 is 0. The van der Waals surface area contributed by atoms with Crippen molar-refractivity contribution in [2.45, 2.75) is 79.1 Å². The molecule has 2 nitrogen and oxygen atoms in total.